The summed E-state index contributed by atoms with van der Waals surface area (Å²) in [4.78, 5) is 11.2. The van der Waals surface area contributed by atoms with E-state index in [0.717, 1.165) is 16.7 Å². The fourth-order valence-electron chi connectivity index (χ4n) is 2.94. The highest BCUT2D eigenvalue weighted by atomic mass is 35.5. The van der Waals surface area contributed by atoms with Gasteiger partial charge in [0.25, 0.3) is 0 Å². The fourth-order valence-corrected chi connectivity index (χ4v) is 3.36. The van der Waals surface area contributed by atoms with Gasteiger partial charge in [-0.15, -0.1) is 0 Å². The van der Waals surface area contributed by atoms with Crippen molar-refractivity contribution in [1.29, 1.82) is 0 Å². The Labute approximate surface area is 185 Å². The van der Waals surface area contributed by atoms with Crippen LogP contribution in [0, 0.1) is 6.92 Å². The van der Waals surface area contributed by atoms with Crippen molar-refractivity contribution in [3.05, 3.63) is 86.9 Å². The Bertz CT molecular complexity index is 1070. The minimum atomic E-state index is -1.08. The number of aromatic carboxylic acids is 1. The molecule has 0 spiro atoms. The molecule has 0 bridgehead atoms. The largest absolute Gasteiger partial charge is 0.493 e. The summed E-state index contributed by atoms with van der Waals surface area (Å²) >= 11 is 12.4. The molecule has 2 N–H and O–H groups in total. The number of nitrogens with one attached hydrogen (secondary N) is 1. The molecule has 0 atom stereocenters. The molecule has 3 rings (SSSR count). The number of benzene rings is 3. The van der Waals surface area contributed by atoms with Crippen LogP contribution in [0.3, 0.4) is 0 Å². The van der Waals surface area contributed by atoms with E-state index in [1.165, 1.54) is 12.1 Å². The number of hydrogen-bond donors (Lipinski definition) is 2. The van der Waals surface area contributed by atoms with E-state index >= 15 is 0 Å². The predicted molar refractivity (Wildman–Crippen MR) is 119 cm³/mol. The number of carboxylic acid groups (broad SMARTS) is 1. The van der Waals surface area contributed by atoms with Gasteiger partial charge in [0, 0.05) is 23.3 Å². The van der Waals surface area contributed by atoms with Crippen molar-refractivity contribution in [3.63, 3.8) is 0 Å². The van der Waals surface area contributed by atoms with Gasteiger partial charge in [-0.2, -0.15) is 0 Å². The minimum absolute atomic E-state index is 0.0326. The van der Waals surface area contributed by atoms with Crippen LogP contribution in [0.1, 0.15) is 27.0 Å². The van der Waals surface area contributed by atoms with Crippen LogP contribution in [0.5, 0.6) is 11.5 Å². The first-order valence-corrected chi connectivity index (χ1v) is 9.94. The van der Waals surface area contributed by atoms with Gasteiger partial charge in [-0.25, -0.2) is 4.79 Å². The van der Waals surface area contributed by atoms with Crippen LogP contribution in [0.2, 0.25) is 10.0 Å². The van der Waals surface area contributed by atoms with E-state index in [1.807, 2.05) is 25.1 Å². The molecule has 0 aromatic heterocycles. The van der Waals surface area contributed by atoms with Crippen molar-refractivity contribution >= 4 is 34.9 Å². The maximum Gasteiger partial charge on any atom is 0.337 e. The first kappa shape index (κ1) is 21.8. The van der Waals surface area contributed by atoms with E-state index in [4.69, 9.17) is 32.7 Å². The van der Waals surface area contributed by atoms with Crippen molar-refractivity contribution in [3.8, 4) is 11.5 Å². The summed E-state index contributed by atoms with van der Waals surface area (Å²) in [6.45, 7) is 2.80. The van der Waals surface area contributed by atoms with Crippen molar-refractivity contribution in [2.75, 3.05) is 12.4 Å². The third-order valence-electron chi connectivity index (χ3n) is 4.49. The number of carboxylic acids is 1. The molecular formula is C23H21Cl2NO4. The highest BCUT2D eigenvalue weighted by molar-refractivity contribution is 6.33. The van der Waals surface area contributed by atoms with Gasteiger partial charge in [0.1, 0.15) is 6.61 Å². The predicted octanol–water partition coefficient (Wildman–Crippen LogP) is 6.20. The van der Waals surface area contributed by atoms with Gasteiger partial charge < -0.3 is 19.9 Å². The molecule has 0 fully saturated rings. The van der Waals surface area contributed by atoms with E-state index in [9.17, 15) is 9.90 Å². The second-order valence-electron chi connectivity index (χ2n) is 6.73. The van der Waals surface area contributed by atoms with Gasteiger partial charge >= 0.3 is 5.97 Å². The van der Waals surface area contributed by atoms with Gasteiger partial charge in [-0.3, -0.25) is 0 Å². The van der Waals surface area contributed by atoms with E-state index in [1.54, 1.807) is 25.3 Å². The summed E-state index contributed by atoms with van der Waals surface area (Å²) in [6, 6.07) is 16.3. The van der Waals surface area contributed by atoms with Crippen LogP contribution in [-0.2, 0) is 13.2 Å². The summed E-state index contributed by atoms with van der Waals surface area (Å²) in [5.74, 6) is 0.0251. The highest BCUT2D eigenvalue weighted by Crippen LogP contribution is 2.34. The van der Waals surface area contributed by atoms with Crippen LogP contribution in [-0.4, -0.2) is 18.2 Å². The van der Waals surface area contributed by atoms with Gasteiger partial charge in [-0.1, -0.05) is 53.0 Å². The lowest BCUT2D eigenvalue weighted by Crippen LogP contribution is -2.04. The summed E-state index contributed by atoms with van der Waals surface area (Å²) in [6.07, 6.45) is 0. The second-order valence-corrected chi connectivity index (χ2v) is 7.54. The number of anilines is 1. The molecular weight excluding hydrogens is 425 g/mol. The summed E-state index contributed by atoms with van der Waals surface area (Å²) in [7, 11) is 1.57. The molecule has 0 heterocycles. The average molecular weight is 446 g/mol. The summed E-state index contributed by atoms with van der Waals surface area (Å²) in [5, 5.41) is 13.1. The first-order chi connectivity index (χ1) is 14.4. The Morgan fingerprint density at radius 1 is 1.03 bits per heavy atom. The molecule has 7 heteroatoms. The monoisotopic (exact) mass is 445 g/mol. The SMILES string of the molecule is COc1cc(CNc2ccc(Cl)c(C(=O)O)c2)c(Cl)cc1OCc1cccc(C)c1. The van der Waals surface area contributed by atoms with E-state index < -0.39 is 5.97 Å². The number of hydrogen-bond acceptors (Lipinski definition) is 4. The zero-order valence-electron chi connectivity index (χ0n) is 16.5. The third kappa shape index (κ3) is 5.38. The number of methoxy groups -OCH3 is 1. The lowest BCUT2D eigenvalue weighted by molar-refractivity contribution is 0.0697. The summed E-state index contributed by atoms with van der Waals surface area (Å²) < 4.78 is 11.4. The molecule has 3 aromatic carbocycles. The number of rotatable bonds is 8. The molecule has 0 saturated heterocycles. The Kier molecular flexibility index (Phi) is 7.08. The molecule has 156 valence electrons. The minimum Gasteiger partial charge on any atom is -0.493 e. The molecule has 0 aliphatic heterocycles. The maximum absolute atomic E-state index is 11.2. The lowest BCUT2D eigenvalue weighted by Gasteiger charge is -2.15. The average Bonchev–Trinajstić information content (AvgIpc) is 2.72. The molecule has 0 radical (unpaired) electrons. The summed E-state index contributed by atoms with van der Waals surface area (Å²) in [5.41, 5.74) is 3.65. The maximum atomic E-state index is 11.2. The smallest absolute Gasteiger partial charge is 0.337 e. The van der Waals surface area contributed by atoms with Gasteiger partial charge in [0.05, 0.1) is 17.7 Å². The Morgan fingerprint density at radius 3 is 2.53 bits per heavy atom. The van der Waals surface area contributed by atoms with Crippen molar-refractivity contribution in [2.45, 2.75) is 20.1 Å². The van der Waals surface area contributed by atoms with Crippen LogP contribution in [0.15, 0.2) is 54.6 Å². The molecule has 0 unspecified atom stereocenters. The molecule has 0 saturated carbocycles. The number of halogens is 2. The van der Waals surface area contributed by atoms with Gasteiger partial charge in [-0.05, 0) is 42.3 Å². The van der Waals surface area contributed by atoms with Crippen LogP contribution in [0.25, 0.3) is 0 Å². The number of aryl methyl sites for hydroxylation is 1. The Hall–Kier alpha value is -2.89. The Morgan fingerprint density at radius 2 is 1.83 bits per heavy atom. The third-order valence-corrected chi connectivity index (χ3v) is 5.17. The highest BCUT2D eigenvalue weighted by Gasteiger charge is 2.13. The zero-order chi connectivity index (χ0) is 21.7. The molecule has 30 heavy (non-hydrogen) atoms. The molecule has 0 amide bonds. The number of carbonyl (C=O) groups is 1. The van der Waals surface area contributed by atoms with Crippen LogP contribution in [0.4, 0.5) is 5.69 Å². The van der Waals surface area contributed by atoms with Crippen molar-refractivity contribution in [2.24, 2.45) is 0 Å². The van der Waals surface area contributed by atoms with E-state index in [2.05, 4.69) is 11.4 Å². The topological polar surface area (TPSA) is 67.8 Å². The lowest BCUT2D eigenvalue weighted by atomic mass is 10.1. The quantitative estimate of drug-likeness (QED) is 0.431. The van der Waals surface area contributed by atoms with E-state index in [0.29, 0.717) is 35.4 Å². The first-order valence-electron chi connectivity index (χ1n) is 9.19. The normalized spacial score (nSPS) is 10.5. The van der Waals surface area contributed by atoms with Crippen LogP contribution < -0.4 is 14.8 Å². The molecule has 0 aliphatic carbocycles. The van der Waals surface area contributed by atoms with Crippen molar-refractivity contribution < 1.29 is 19.4 Å². The fraction of sp³-hybridized carbons (Fsp3) is 0.174. The van der Waals surface area contributed by atoms with Crippen LogP contribution >= 0.6 is 23.2 Å². The Balaban J connectivity index is 1.73. The van der Waals surface area contributed by atoms with Crippen molar-refractivity contribution in [1.82, 2.24) is 0 Å². The molecule has 0 aliphatic rings. The second kappa shape index (κ2) is 9.74. The van der Waals surface area contributed by atoms with Gasteiger partial charge in [0.15, 0.2) is 11.5 Å². The standard InChI is InChI=1S/C23H21Cl2NO4/c1-14-4-3-5-15(8-14)13-30-22-11-20(25)16(9-21(22)29-2)12-26-17-6-7-19(24)18(10-17)23(27)28/h3-11,26H,12-13H2,1-2H3,(H,27,28). The van der Waals surface area contributed by atoms with E-state index in [-0.39, 0.29) is 10.6 Å². The zero-order valence-corrected chi connectivity index (χ0v) is 18.1. The molecule has 3 aromatic rings. The molecule has 5 nitrogen and oxygen atoms in total. The number of ether oxygens (including phenoxy) is 2. The van der Waals surface area contributed by atoms with Gasteiger partial charge in [0.2, 0.25) is 0 Å².